The number of rotatable bonds is 14. The molecule has 12 nitrogen and oxygen atoms in total. The van der Waals surface area contributed by atoms with Crippen molar-refractivity contribution >= 4 is 20.0 Å². The molecule has 0 amide bonds. The van der Waals surface area contributed by atoms with Gasteiger partial charge in [0.15, 0.2) is 12.8 Å². The Bertz CT molecular complexity index is 822. The first-order chi connectivity index (χ1) is 15.0. The van der Waals surface area contributed by atoms with E-state index in [1.165, 1.54) is 13.0 Å². The second-order valence-electron chi connectivity index (χ2n) is 7.02. The smallest absolute Gasteiger partial charge is 0.461 e. The number of anilines is 1. The van der Waals surface area contributed by atoms with Gasteiger partial charge in [0, 0.05) is 6.20 Å². The van der Waals surface area contributed by atoms with E-state index in [1.807, 2.05) is 13.8 Å². The zero-order chi connectivity index (χ0) is 24.5. The van der Waals surface area contributed by atoms with E-state index in [0.29, 0.717) is 12.8 Å². The molecule has 0 aromatic carbocycles. The first-order valence-electron chi connectivity index (χ1n) is 10.0. The Balaban J connectivity index is 2.79. The van der Waals surface area contributed by atoms with E-state index >= 15 is 4.39 Å². The molecule has 1 heterocycles. The summed E-state index contributed by atoms with van der Waals surface area (Å²) in [6.07, 6.45) is -1.31. The minimum atomic E-state index is -2.97. The third-order valence-electron chi connectivity index (χ3n) is 4.50. The summed E-state index contributed by atoms with van der Waals surface area (Å²) in [7, 11) is -2.76. The van der Waals surface area contributed by atoms with Crippen molar-refractivity contribution in [2.24, 2.45) is 0 Å². The fourth-order valence-electron chi connectivity index (χ4n) is 2.42. The van der Waals surface area contributed by atoms with Crippen LogP contribution in [0.15, 0.2) is 17.1 Å². The fraction of sp³-hybridized carbons (Fsp3) is 0.722. The van der Waals surface area contributed by atoms with E-state index in [-0.39, 0.29) is 11.9 Å². The average molecular weight is 481 g/mol. The van der Waals surface area contributed by atoms with E-state index in [1.54, 1.807) is 0 Å². The molecule has 0 aliphatic heterocycles. The number of nitrogen functional groups attached to an aromatic ring is 1. The predicted molar refractivity (Wildman–Crippen MR) is 112 cm³/mol. The quantitative estimate of drug-likeness (QED) is 0.218. The van der Waals surface area contributed by atoms with Crippen molar-refractivity contribution in [1.29, 1.82) is 0 Å². The van der Waals surface area contributed by atoms with E-state index in [9.17, 15) is 24.4 Å². The summed E-state index contributed by atoms with van der Waals surface area (Å²) in [5, 5.41) is 21.7. The van der Waals surface area contributed by atoms with Crippen LogP contribution in [0.1, 0.15) is 46.8 Å². The number of nitrogens with zero attached hydrogens (tertiary/aromatic N) is 2. The SMILES string of the molecule is CCC(CC)OC(=O)[C@H](C)N[P+](=O)OC[C@@](F)(O[C@H](CO)n1ccc(N)nc1=O)[C@H](C)O. The number of carbonyl (C=O) groups is 1. The van der Waals surface area contributed by atoms with E-state index < -0.39 is 57.3 Å². The molecule has 182 valence electrons. The maximum Gasteiger partial charge on any atom is 0.614 e. The van der Waals surface area contributed by atoms with Gasteiger partial charge in [-0.1, -0.05) is 18.9 Å². The molecule has 1 unspecified atom stereocenters. The lowest BCUT2D eigenvalue weighted by molar-refractivity contribution is -0.263. The highest BCUT2D eigenvalue weighted by molar-refractivity contribution is 7.36. The molecule has 0 fully saturated rings. The number of aliphatic hydroxyl groups excluding tert-OH is 2. The van der Waals surface area contributed by atoms with Crippen LogP contribution in [-0.2, 0) is 23.4 Å². The minimum absolute atomic E-state index is 0.0896. The summed E-state index contributed by atoms with van der Waals surface area (Å²) in [4.78, 5) is 27.4. The molecule has 0 bridgehead atoms. The second-order valence-corrected chi connectivity index (χ2v) is 8.05. The number of alkyl halides is 1. The van der Waals surface area contributed by atoms with Crippen LogP contribution in [0, 0.1) is 0 Å². The van der Waals surface area contributed by atoms with Gasteiger partial charge < -0.3 is 25.4 Å². The van der Waals surface area contributed by atoms with Crippen LogP contribution in [0.2, 0.25) is 0 Å². The van der Waals surface area contributed by atoms with Crippen LogP contribution in [0.4, 0.5) is 10.2 Å². The van der Waals surface area contributed by atoms with Crippen molar-refractivity contribution in [2.45, 2.75) is 70.9 Å². The number of aromatic nitrogens is 2. The molecule has 0 aliphatic carbocycles. The lowest BCUT2D eigenvalue weighted by Gasteiger charge is -2.30. The predicted octanol–water partition coefficient (Wildman–Crippen LogP) is 0.764. The van der Waals surface area contributed by atoms with E-state index in [4.69, 9.17) is 19.7 Å². The highest BCUT2D eigenvalue weighted by atomic mass is 31.1. The monoisotopic (exact) mass is 481 g/mol. The molecular weight excluding hydrogens is 450 g/mol. The van der Waals surface area contributed by atoms with Gasteiger partial charge in [-0.05, 0) is 37.3 Å². The number of hydrogen-bond donors (Lipinski definition) is 4. The summed E-state index contributed by atoms with van der Waals surface area (Å²) in [5.41, 5.74) is 4.47. The zero-order valence-electron chi connectivity index (χ0n) is 18.4. The van der Waals surface area contributed by atoms with Crippen molar-refractivity contribution in [3.8, 4) is 0 Å². The molecule has 0 saturated heterocycles. The summed E-state index contributed by atoms with van der Waals surface area (Å²) in [6, 6.07) is 0.222. The summed E-state index contributed by atoms with van der Waals surface area (Å²) < 4.78 is 43.4. The van der Waals surface area contributed by atoms with Crippen molar-refractivity contribution in [2.75, 3.05) is 18.9 Å². The van der Waals surface area contributed by atoms with Crippen LogP contribution in [0.3, 0.4) is 0 Å². The van der Waals surface area contributed by atoms with Crippen LogP contribution < -0.4 is 16.5 Å². The van der Waals surface area contributed by atoms with Crippen LogP contribution in [0.25, 0.3) is 0 Å². The molecule has 0 saturated carbocycles. The Labute approximate surface area is 185 Å². The molecule has 0 aliphatic rings. The highest BCUT2D eigenvalue weighted by Gasteiger charge is 2.44. The third-order valence-corrected chi connectivity index (χ3v) is 5.46. The van der Waals surface area contributed by atoms with Gasteiger partial charge >= 0.3 is 19.8 Å². The molecule has 14 heteroatoms. The lowest BCUT2D eigenvalue weighted by Crippen LogP contribution is -2.47. The maximum absolute atomic E-state index is 15.3. The van der Waals surface area contributed by atoms with Crippen LogP contribution >= 0.6 is 8.18 Å². The average Bonchev–Trinajstić information content (AvgIpc) is 2.74. The Morgan fingerprint density at radius 1 is 1.41 bits per heavy atom. The number of nitrogens with two attached hydrogens (primary N) is 1. The van der Waals surface area contributed by atoms with Gasteiger partial charge in [0.1, 0.15) is 24.1 Å². The standard InChI is InChI=1S/C18H30FN4O8P/c1-5-13(6-2)30-16(26)11(3)22-32(28)29-10-18(19,12(4)25)31-15(9-24)23-8-7-14(20)21-17(23)27/h7-8,11-13,15,24-25H,5-6,9-10H2,1-4H3,(H2-,20,21,22,27,28)/p+1/t11-,12-,15+,18+/m0/s1. The van der Waals surface area contributed by atoms with Gasteiger partial charge in [0.05, 0.1) is 6.61 Å². The van der Waals surface area contributed by atoms with Gasteiger partial charge in [0.25, 0.3) is 5.85 Å². The lowest BCUT2D eigenvalue weighted by atomic mass is 10.2. The molecule has 32 heavy (non-hydrogen) atoms. The molecule has 5 N–H and O–H groups in total. The summed E-state index contributed by atoms with van der Waals surface area (Å²) in [5.74, 6) is -3.71. The summed E-state index contributed by atoms with van der Waals surface area (Å²) in [6.45, 7) is 4.25. The van der Waals surface area contributed by atoms with Crippen molar-refractivity contribution in [3.05, 3.63) is 22.7 Å². The topological polar surface area (TPSA) is 175 Å². The molecule has 0 radical (unpaired) electrons. The number of carbonyl (C=O) groups excluding carboxylic acids is 1. The first-order valence-corrected chi connectivity index (χ1v) is 11.2. The molecule has 5 atom stereocenters. The number of nitrogens with one attached hydrogen (secondary N) is 1. The largest absolute Gasteiger partial charge is 0.614 e. The number of halogens is 1. The third kappa shape index (κ3) is 8.15. The Morgan fingerprint density at radius 2 is 2.03 bits per heavy atom. The minimum Gasteiger partial charge on any atom is -0.461 e. The Hall–Kier alpha value is -2.02. The number of aliphatic hydroxyl groups is 2. The second kappa shape index (κ2) is 12.9. The van der Waals surface area contributed by atoms with Crippen LogP contribution in [0.5, 0.6) is 0 Å². The molecule has 1 aromatic rings. The fourth-order valence-corrected chi connectivity index (χ4v) is 3.21. The number of esters is 1. The first kappa shape index (κ1) is 28.0. The van der Waals surface area contributed by atoms with E-state index in [0.717, 1.165) is 17.7 Å². The molecule has 1 aromatic heterocycles. The summed E-state index contributed by atoms with van der Waals surface area (Å²) >= 11 is 0. The maximum atomic E-state index is 15.3. The number of hydrogen-bond acceptors (Lipinski definition) is 10. The molecular formula is C18H31FN4O8P+. The molecule has 1 rings (SSSR count). The van der Waals surface area contributed by atoms with Gasteiger partial charge in [-0.3, -0.25) is 9.36 Å². The van der Waals surface area contributed by atoms with Crippen molar-refractivity contribution in [3.63, 3.8) is 0 Å². The zero-order valence-corrected chi connectivity index (χ0v) is 19.3. The van der Waals surface area contributed by atoms with E-state index in [2.05, 4.69) is 10.1 Å². The van der Waals surface area contributed by atoms with Gasteiger partial charge in [-0.25, -0.2) is 9.18 Å². The van der Waals surface area contributed by atoms with Crippen molar-refractivity contribution in [1.82, 2.24) is 14.6 Å². The normalized spacial score (nSPS) is 16.8. The van der Waals surface area contributed by atoms with Gasteiger partial charge in [0.2, 0.25) is 0 Å². The van der Waals surface area contributed by atoms with Crippen LogP contribution in [-0.4, -0.2) is 63.1 Å². The van der Waals surface area contributed by atoms with Gasteiger partial charge in [-0.2, -0.15) is 4.98 Å². The van der Waals surface area contributed by atoms with Crippen molar-refractivity contribution < 1.29 is 38.0 Å². The highest BCUT2D eigenvalue weighted by Crippen LogP contribution is 2.29. The molecule has 0 spiro atoms. The Kier molecular flexibility index (Phi) is 11.3. The number of ether oxygens (including phenoxy) is 2. The van der Waals surface area contributed by atoms with Gasteiger partial charge in [-0.15, -0.1) is 4.52 Å². The Morgan fingerprint density at radius 3 is 2.53 bits per heavy atom.